The second-order valence-corrected chi connectivity index (χ2v) is 10.4. The largest absolute Gasteiger partial charge is 0.384 e. The van der Waals surface area contributed by atoms with Crippen LogP contribution in [0.2, 0.25) is 5.02 Å². The van der Waals surface area contributed by atoms with Gasteiger partial charge in [0, 0.05) is 54.0 Å². The van der Waals surface area contributed by atoms with Crippen LogP contribution in [0.5, 0.6) is 0 Å². The van der Waals surface area contributed by atoms with Gasteiger partial charge in [-0.25, -0.2) is 13.4 Å². The highest BCUT2D eigenvalue weighted by Gasteiger charge is 2.15. The Balaban J connectivity index is 1.60. The Morgan fingerprint density at radius 3 is 2.62 bits per heavy atom. The van der Waals surface area contributed by atoms with Crippen molar-refractivity contribution in [3.05, 3.63) is 88.0 Å². The van der Waals surface area contributed by atoms with E-state index in [2.05, 4.69) is 20.3 Å². The van der Waals surface area contributed by atoms with Gasteiger partial charge in [0.1, 0.15) is 5.82 Å². The maximum atomic E-state index is 12.7. The molecular formula is C24H22ClN5O3S. The molecule has 0 saturated heterocycles. The van der Waals surface area contributed by atoms with Crippen LogP contribution in [0.1, 0.15) is 32.9 Å². The molecule has 0 aliphatic carbocycles. The SMILES string of the molecule is Cc1nc(N)ccc1CNC(=O)c1ccnc(Cc2cc(S(C)(=O)=O)cc3cc(Cl)cnc23)c1. The van der Waals surface area contributed by atoms with Gasteiger partial charge in [0.15, 0.2) is 9.84 Å². The smallest absolute Gasteiger partial charge is 0.251 e. The van der Waals surface area contributed by atoms with E-state index in [-0.39, 0.29) is 17.2 Å². The average Bonchev–Trinajstić information content (AvgIpc) is 2.77. The molecular weight excluding hydrogens is 474 g/mol. The Morgan fingerprint density at radius 2 is 1.88 bits per heavy atom. The first-order valence-corrected chi connectivity index (χ1v) is 12.6. The van der Waals surface area contributed by atoms with Crippen LogP contribution in [0.15, 0.2) is 59.8 Å². The normalized spacial score (nSPS) is 11.5. The van der Waals surface area contributed by atoms with Crippen LogP contribution < -0.4 is 11.1 Å². The summed E-state index contributed by atoms with van der Waals surface area (Å²) in [5.41, 5.74) is 9.63. The fourth-order valence-corrected chi connectivity index (χ4v) is 4.47. The number of nitrogens with zero attached hydrogens (tertiary/aromatic N) is 3. The number of fused-ring (bicyclic) bond motifs is 1. The minimum absolute atomic E-state index is 0.167. The molecule has 4 rings (SSSR count). The van der Waals surface area contributed by atoms with Crippen molar-refractivity contribution < 1.29 is 13.2 Å². The lowest BCUT2D eigenvalue weighted by Crippen LogP contribution is -2.23. The van der Waals surface area contributed by atoms with E-state index in [4.69, 9.17) is 17.3 Å². The summed E-state index contributed by atoms with van der Waals surface area (Å²) < 4.78 is 24.4. The lowest BCUT2D eigenvalue weighted by atomic mass is 10.0. The number of anilines is 1. The van der Waals surface area contributed by atoms with Gasteiger partial charge >= 0.3 is 0 Å². The summed E-state index contributed by atoms with van der Waals surface area (Å²) in [6, 6.07) is 11.6. The predicted octanol–water partition coefficient (Wildman–Crippen LogP) is 3.49. The van der Waals surface area contributed by atoms with Crippen LogP contribution >= 0.6 is 11.6 Å². The Bertz CT molecular complexity index is 1520. The standard InChI is InChI=1S/C24H22ClN5O3S/c1-14-16(3-4-22(26)30-14)12-29-24(31)15-5-6-27-20(8-15)9-18-11-21(34(2,32)33)10-17-7-19(25)13-28-23(17)18/h3-8,10-11,13H,9,12H2,1-2H3,(H2,26,30)(H,29,31). The molecule has 0 aliphatic rings. The molecule has 0 bridgehead atoms. The molecule has 0 atom stereocenters. The summed E-state index contributed by atoms with van der Waals surface area (Å²) in [5, 5.41) is 3.90. The first-order chi connectivity index (χ1) is 16.1. The van der Waals surface area contributed by atoms with Crippen LogP contribution in [-0.2, 0) is 22.8 Å². The van der Waals surface area contributed by atoms with E-state index in [9.17, 15) is 13.2 Å². The maximum absolute atomic E-state index is 12.7. The monoisotopic (exact) mass is 495 g/mol. The van der Waals surface area contributed by atoms with Gasteiger partial charge in [0.2, 0.25) is 0 Å². The molecule has 8 nitrogen and oxygen atoms in total. The van der Waals surface area contributed by atoms with Crippen LogP contribution in [-0.4, -0.2) is 35.5 Å². The van der Waals surface area contributed by atoms with Crippen LogP contribution in [0.3, 0.4) is 0 Å². The zero-order valence-corrected chi connectivity index (χ0v) is 20.1. The molecule has 0 saturated carbocycles. The second-order valence-electron chi connectivity index (χ2n) is 7.96. The number of rotatable bonds is 6. The summed E-state index contributed by atoms with van der Waals surface area (Å²) >= 11 is 6.07. The molecule has 0 aliphatic heterocycles. The third-order valence-corrected chi connectivity index (χ3v) is 6.64. The Hall–Kier alpha value is -3.56. The molecule has 1 aromatic carbocycles. The zero-order valence-electron chi connectivity index (χ0n) is 18.5. The number of aromatic nitrogens is 3. The lowest BCUT2D eigenvalue weighted by Gasteiger charge is -2.11. The number of carbonyl (C=O) groups is 1. The number of sulfone groups is 1. The van der Waals surface area contributed by atoms with Crippen molar-refractivity contribution in [1.29, 1.82) is 0 Å². The van der Waals surface area contributed by atoms with Gasteiger partial charge in [0.05, 0.1) is 15.4 Å². The number of nitrogens with one attached hydrogen (secondary N) is 1. The highest BCUT2D eigenvalue weighted by molar-refractivity contribution is 7.90. The average molecular weight is 496 g/mol. The molecule has 0 spiro atoms. The quantitative estimate of drug-likeness (QED) is 0.419. The van der Waals surface area contributed by atoms with Crippen LogP contribution in [0.4, 0.5) is 5.82 Å². The van der Waals surface area contributed by atoms with E-state index in [1.54, 1.807) is 42.6 Å². The topological polar surface area (TPSA) is 128 Å². The third kappa shape index (κ3) is 5.32. The number of hydrogen-bond acceptors (Lipinski definition) is 7. The van der Waals surface area contributed by atoms with E-state index in [1.165, 1.54) is 6.20 Å². The Morgan fingerprint density at radius 1 is 1.09 bits per heavy atom. The first-order valence-electron chi connectivity index (χ1n) is 10.3. The van der Waals surface area contributed by atoms with Crippen LogP contribution in [0.25, 0.3) is 10.9 Å². The van der Waals surface area contributed by atoms with E-state index in [1.807, 2.05) is 13.0 Å². The number of benzene rings is 1. The van der Waals surface area contributed by atoms with Crippen molar-refractivity contribution in [2.45, 2.75) is 24.8 Å². The highest BCUT2D eigenvalue weighted by Crippen LogP contribution is 2.26. The molecule has 0 fully saturated rings. The van der Waals surface area contributed by atoms with E-state index < -0.39 is 9.84 Å². The molecule has 3 N–H and O–H groups in total. The molecule has 4 aromatic rings. The Labute approximate surface area is 202 Å². The number of nitrogen functional groups attached to an aromatic ring is 1. The van der Waals surface area contributed by atoms with Crippen molar-refractivity contribution in [3.63, 3.8) is 0 Å². The number of hydrogen-bond donors (Lipinski definition) is 2. The number of amides is 1. The van der Waals surface area contributed by atoms with Gasteiger partial charge in [-0.05, 0) is 54.4 Å². The first kappa shape index (κ1) is 23.6. The van der Waals surface area contributed by atoms with Gasteiger partial charge in [-0.1, -0.05) is 17.7 Å². The molecule has 3 heterocycles. The number of pyridine rings is 3. The fraction of sp³-hybridized carbons (Fsp3) is 0.167. The summed E-state index contributed by atoms with van der Waals surface area (Å²) in [6.07, 6.45) is 4.50. The molecule has 0 unspecified atom stereocenters. The van der Waals surface area contributed by atoms with Crippen molar-refractivity contribution in [3.8, 4) is 0 Å². The summed E-state index contributed by atoms with van der Waals surface area (Å²) in [6.45, 7) is 2.14. The fourth-order valence-electron chi connectivity index (χ4n) is 3.60. The minimum atomic E-state index is -3.45. The van der Waals surface area contributed by atoms with Crippen molar-refractivity contribution in [1.82, 2.24) is 20.3 Å². The molecule has 10 heteroatoms. The number of carbonyl (C=O) groups excluding carboxylic acids is 1. The molecule has 174 valence electrons. The van der Waals surface area contributed by atoms with Gasteiger partial charge in [-0.15, -0.1) is 0 Å². The van der Waals surface area contributed by atoms with Crippen molar-refractivity contribution >= 4 is 44.1 Å². The summed E-state index contributed by atoms with van der Waals surface area (Å²) in [7, 11) is -3.45. The number of halogens is 1. The molecule has 3 aromatic heterocycles. The van der Waals surface area contributed by atoms with Gasteiger partial charge < -0.3 is 11.1 Å². The number of aryl methyl sites for hydroxylation is 1. The van der Waals surface area contributed by atoms with Gasteiger partial charge in [-0.2, -0.15) is 0 Å². The van der Waals surface area contributed by atoms with E-state index >= 15 is 0 Å². The lowest BCUT2D eigenvalue weighted by molar-refractivity contribution is 0.0950. The van der Waals surface area contributed by atoms with Crippen molar-refractivity contribution in [2.24, 2.45) is 0 Å². The van der Waals surface area contributed by atoms with Gasteiger partial charge in [-0.3, -0.25) is 14.8 Å². The summed E-state index contributed by atoms with van der Waals surface area (Å²) in [4.78, 5) is 25.9. The van der Waals surface area contributed by atoms with E-state index in [0.717, 1.165) is 17.5 Å². The number of nitrogens with two attached hydrogens (primary N) is 1. The second kappa shape index (κ2) is 9.36. The molecule has 1 amide bonds. The zero-order chi connectivity index (χ0) is 24.5. The molecule has 0 radical (unpaired) electrons. The minimum Gasteiger partial charge on any atom is -0.384 e. The Kier molecular flexibility index (Phi) is 6.49. The highest BCUT2D eigenvalue weighted by atomic mass is 35.5. The van der Waals surface area contributed by atoms with Crippen molar-refractivity contribution in [2.75, 3.05) is 12.0 Å². The molecule has 34 heavy (non-hydrogen) atoms. The van der Waals surface area contributed by atoms with Crippen LogP contribution in [0, 0.1) is 6.92 Å². The maximum Gasteiger partial charge on any atom is 0.251 e. The van der Waals surface area contributed by atoms with Gasteiger partial charge in [0.25, 0.3) is 5.91 Å². The predicted molar refractivity (Wildman–Crippen MR) is 131 cm³/mol. The summed E-state index contributed by atoms with van der Waals surface area (Å²) in [5.74, 6) is 0.162. The van der Waals surface area contributed by atoms with E-state index in [0.29, 0.717) is 45.1 Å². The third-order valence-electron chi connectivity index (χ3n) is 5.34.